The summed E-state index contributed by atoms with van der Waals surface area (Å²) in [4.78, 5) is 4.24. The van der Waals surface area contributed by atoms with Crippen LogP contribution < -0.4 is 16.6 Å². The predicted molar refractivity (Wildman–Crippen MR) is 73.2 cm³/mol. The first-order chi connectivity index (χ1) is 8.22. The second-order valence-electron chi connectivity index (χ2n) is 3.50. The quantitative estimate of drug-likeness (QED) is 0.237. The third kappa shape index (κ3) is 6.03. The second kappa shape index (κ2) is 7.81. The van der Waals surface area contributed by atoms with E-state index < -0.39 is 10.8 Å². The number of benzene rings is 1. The smallest absolute Gasteiger partial charge is 0.210 e. The van der Waals surface area contributed by atoms with Crippen molar-refractivity contribution in [3.8, 4) is 0 Å². The number of hydrogen-bond donors (Lipinski definition) is 3. The molecule has 0 saturated carbocycles. The SMILES string of the molecule is CS(=O)CCCN=C(NN)Nc1ccccc1. The number of hydrazine groups is 1. The van der Waals surface area contributed by atoms with Gasteiger partial charge >= 0.3 is 0 Å². The van der Waals surface area contributed by atoms with E-state index in [-0.39, 0.29) is 0 Å². The number of hydrogen-bond acceptors (Lipinski definition) is 3. The monoisotopic (exact) mass is 254 g/mol. The van der Waals surface area contributed by atoms with Gasteiger partial charge in [0, 0.05) is 35.0 Å². The Morgan fingerprint density at radius 1 is 1.41 bits per heavy atom. The zero-order chi connectivity index (χ0) is 12.5. The number of anilines is 1. The summed E-state index contributed by atoms with van der Waals surface area (Å²) in [7, 11) is -0.761. The van der Waals surface area contributed by atoms with Gasteiger partial charge in [0.15, 0.2) is 0 Å². The lowest BCUT2D eigenvalue weighted by Crippen LogP contribution is -2.36. The van der Waals surface area contributed by atoms with Gasteiger partial charge in [-0.2, -0.15) is 0 Å². The third-order valence-corrected chi connectivity index (χ3v) is 2.90. The number of nitrogens with one attached hydrogen (secondary N) is 2. The lowest BCUT2D eigenvalue weighted by molar-refractivity contribution is 0.684. The Morgan fingerprint density at radius 3 is 2.71 bits per heavy atom. The van der Waals surface area contributed by atoms with E-state index in [4.69, 9.17) is 5.84 Å². The number of para-hydroxylation sites is 1. The van der Waals surface area contributed by atoms with Crippen molar-refractivity contribution in [3.63, 3.8) is 0 Å². The van der Waals surface area contributed by atoms with Crippen molar-refractivity contribution >= 4 is 22.4 Å². The van der Waals surface area contributed by atoms with Crippen molar-refractivity contribution in [2.75, 3.05) is 23.9 Å². The molecule has 6 heteroatoms. The van der Waals surface area contributed by atoms with Crippen LogP contribution in [-0.4, -0.2) is 28.7 Å². The van der Waals surface area contributed by atoms with E-state index in [1.54, 1.807) is 6.26 Å². The molecule has 5 nitrogen and oxygen atoms in total. The molecule has 0 radical (unpaired) electrons. The first-order valence-electron chi connectivity index (χ1n) is 5.35. The molecule has 1 aromatic rings. The molecule has 0 aromatic heterocycles. The minimum Gasteiger partial charge on any atom is -0.325 e. The van der Waals surface area contributed by atoms with E-state index in [1.807, 2.05) is 30.3 Å². The van der Waals surface area contributed by atoms with Crippen LogP contribution in [0.25, 0.3) is 0 Å². The van der Waals surface area contributed by atoms with Crippen LogP contribution in [0.4, 0.5) is 5.69 Å². The summed E-state index contributed by atoms with van der Waals surface area (Å²) in [5.74, 6) is 6.53. The molecule has 0 heterocycles. The molecule has 17 heavy (non-hydrogen) atoms. The standard InChI is InChI=1S/C11H18N4OS/c1-17(16)9-5-8-13-11(15-12)14-10-6-3-2-4-7-10/h2-4,6-7H,5,8-9,12H2,1H3,(H2,13,14,15). The number of nitrogens with zero attached hydrogens (tertiary/aromatic N) is 1. The average molecular weight is 254 g/mol. The van der Waals surface area contributed by atoms with Gasteiger partial charge in [0.2, 0.25) is 5.96 Å². The highest BCUT2D eigenvalue weighted by molar-refractivity contribution is 7.84. The molecule has 0 aliphatic carbocycles. The van der Waals surface area contributed by atoms with E-state index in [1.165, 1.54) is 0 Å². The molecule has 4 N–H and O–H groups in total. The van der Waals surface area contributed by atoms with Crippen molar-refractivity contribution in [3.05, 3.63) is 30.3 Å². The largest absolute Gasteiger partial charge is 0.325 e. The van der Waals surface area contributed by atoms with Crippen LogP contribution in [-0.2, 0) is 10.8 Å². The number of rotatable bonds is 5. The minimum absolute atomic E-state index is 0.512. The third-order valence-electron chi connectivity index (χ3n) is 2.03. The average Bonchev–Trinajstić information content (AvgIpc) is 2.34. The zero-order valence-corrected chi connectivity index (χ0v) is 10.7. The van der Waals surface area contributed by atoms with Crippen LogP contribution in [0, 0.1) is 0 Å². The van der Waals surface area contributed by atoms with E-state index in [0.717, 1.165) is 12.1 Å². The van der Waals surface area contributed by atoms with Gasteiger partial charge in [0.25, 0.3) is 0 Å². The molecular formula is C11H18N4OS. The first-order valence-corrected chi connectivity index (χ1v) is 7.08. The first kappa shape index (κ1) is 13.7. The van der Waals surface area contributed by atoms with Gasteiger partial charge in [-0.05, 0) is 18.6 Å². The van der Waals surface area contributed by atoms with Crippen LogP contribution in [0.2, 0.25) is 0 Å². The van der Waals surface area contributed by atoms with Gasteiger partial charge in [-0.25, -0.2) is 5.84 Å². The second-order valence-corrected chi connectivity index (χ2v) is 5.05. The van der Waals surface area contributed by atoms with Crippen molar-refractivity contribution in [1.82, 2.24) is 5.43 Å². The molecule has 0 amide bonds. The van der Waals surface area contributed by atoms with Crippen LogP contribution in [0.5, 0.6) is 0 Å². The van der Waals surface area contributed by atoms with E-state index >= 15 is 0 Å². The lowest BCUT2D eigenvalue weighted by Gasteiger charge is -2.08. The number of aliphatic imine (C=N–C) groups is 1. The highest BCUT2D eigenvalue weighted by Gasteiger charge is 1.97. The summed E-state index contributed by atoms with van der Waals surface area (Å²) in [6.45, 7) is 0.596. The van der Waals surface area contributed by atoms with Crippen LogP contribution in [0.15, 0.2) is 35.3 Å². The summed E-state index contributed by atoms with van der Waals surface area (Å²) in [5, 5.41) is 3.05. The van der Waals surface area contributed by atoms with E-state index in [9.17, 15) is 4.21 Å². The molecule has 94 valence electrons. The van der Waals surface area contributed by atoms with Crippen LogP contribution in [0.1, 0.15) is 6.42 Å². The summed E-state index contributed by atoms with van der Waals surface area (Å²) in [6, 6.07) is 9.64. The number of nitrogens with two attached hydrogens (primary N) is 1. The molecule has 1 atom stereocenters. The summed E-state index contributed by atoms with van der Waals surface area (Å²) in [5.41, 5.74) is 3.42. The Hall–Kier alpha value is -1.40. The van der Waals surface area contributed by atoms with Gasteiger partial charge in [-0.1, -0.05) is 18.2 Å². The Balaban J connectivity index is 2.42. The van der Waals surface area contributed by atoms with Crippen LogP contribution >= 0.6 is 0 Å². The van der Waals surface area contributed by atoms with Gasteiger partial charge in [-0.3, -0.25) is 14.6 Å². The Morgan fingerprint density at radius 2 is 2.12 bits per heavy atom. The predicted octanol–water partition coefficient (Wildman–Crippen LogP) is 0.686. The maximum absolute atomic E-state index is 10.9. The molecular weight excluding hydrogens is 236 g/mol. The van der Waals surface area contributed by atoms with E-state index in [2.05, 4.69) is 15.7 Å². The molecule has 0 bridgehead atoms. The summed E-state index contributed by atoms with van der Waals surface area (Å²) in [6.07, 6.45) is 2.47. The molecule has 0 aliphatic heterocycles. The fourth-order valence-corrected chi connectivity index (χ4v) is 1.77. The Kier molecular flexibility index (Phi) is 6.27. The zero-order valence-electron chi connectivity index (χ0n) is 9.85. The minimum atomic E-state index is -0.761. The van der Waals surface area contributed by atoms with Crippen molar-refractivity contribution < 1.29 is 4.21 Å². The number of guanidine groups is 1. The highest BCUT2D eigenvalue weighted by atomic mass is 32.2. The van der Waals surface area contributed by atoms with Crippen molar-refractivity contribution in [1.29, 1.82) is 0 Å². The Labute approximate surface area is 104 Å². The maximum Gasteiger partial charge on any atom is 0.210 e. The molecule has 0 aliphatic rings. The fraction of sp³-hybridized carbons (Fsp3) is 0.364. The molecule has 1 rings (SSSR count). The molecule has 0 saturated heterocycles. The fourth-order valence-electron chi connectivity index (χ4n) is 1.24. The van der Waals surface area contributed by atoms with Crippen molar-refractivity contribution in [2.45, 2.75) is 6.42 Å². The molecule has 0 spiro atoms. The lowest BCUT2D eigenvalue weighted by atomic mass is 10.3. The molecule has 1 unspecified atom stereocenters. The van der Waals surface area contributed by atoms with Gasteiger partial charge in [0.1, 0.15) is 0 Å². The molecule has 0 fully saturated rings. The van der Waals surface area contributed by atoms with E-state index in [0.29, 0.717) is 18.3 Å². The summed E-state index contributed by atoms with van der Waals surface area (Å²) < 4.78 is 10.9. The molecule has 1 aromatic carbocycles. The normalized spacial score (nSPS) is 13.2. The summed E-state index contributed by atoms with van der Waals surface area (Å²) >= 11 is 0. The highest BCUT2D eigenvalue weighted by Crippen LogP contribution is 2.04. The van der Waals surface area contributed by atoms with Crippen molar-refractivity contribution in [2.24, 2.45) is 10.8 Å². The topological polar surface area (TPSA) is 79.5 Å². The van der Waals surface area contributed by atoms with Gasteiger partial charge < -0.3 is 5.32 Å². The van der Waals surface area contributed by atoms with Gasteiger partial charge in [-0.15, -0.1) is 0 Å². The van der Waals surface area contributed by atoms with Gasteiger partial charge in [0.05, 0.1) is 0 Å². The maximum atomic E-state index is 10.9. The Bertz CT molecular complexity index is 380. The van der Waals surface area contributed by atoms with Crippen LogP contribution in [0.3, 0.4) is 0 Å².